The minimum atomic E-state index is -0.500. The molecule has 0 bridgehead atoms. The molecule has 0 atom stereocenters. The van der Waals surface area contributed by atoms with Crippen molar-refractivity contribution in [3.8, 4) is 28.7 Å². The van der Waals surface area contributed by atoms with Crippen molar-refractivity contribution >= 4 is 28.7 Å². The highest BCUT2D eigenvalue weighted by Crippen LogP contribution is 2.28. The molecule has 0 radical (unpaired) electrons. The van der Waals surface area contributed by atoms with Crippen molar-refractivity contribution in [2.24, 2.45) is 0 Å². The lowest BCUT2D eigenvalue weighted by atomic mass is 10.1. The average molecular weight is 639 g/mol. The Kier molecular flexibility index (Phi) is 12.2. The summed E-state index contributed by atoms with van der Waals surface area (Å²) in [5.74, 6) is 1.28. The van der Waals surface area contributed by atoms with Crippen molar-refractivity contribution in [3.05, 3.63) is 114 Å². The summed E-state index contributed by atoms with van der Waals surface area (Å²) in [6.07, 6.45) is 2.10. The predicted molar refractivity (Wildman–Crippen MR) is 178 cm³/mol. The van der Waals surface area contributed by atoms with Gasteiger partial charge in [0.25, 0.3) is 0 Å². The third-order valence-corrected chi connectivity index (χ3v) is 6.77. The van der Waals surface area contributed by atoms with Crippen LogP contribution in [0.4, 0.5) is 0 Å². The molecule has 0 aliphatic rings. The maximum absolute atomic E-state index is 12.8. The number of hydrogen-bond acceptors (Lipinski definition) is 9. The number of rotatable bonds is 16. The van der Waals surface area contributed by atoms with E-state index in [0.717, 1.165) is 22.8 Å². The molecule has 4 rings (SSSR count). The monoisotopic (exact) mass is 638 g/mol. The normalized spacial score (nSPS) is 10.5. The number of ether oxygens (including phenoxy) is 6. The second kappa shape index (κ2) is 16.7. The number of carbonyl (C=O) groups is 3. The molecule has 0 fully saturated rings. The standard InChI is InChI=1S/C38H38O9/c1-6-8-30-23-34(47-38(41)27-9-13-31(14-10-27)42-19-7-20-43-36(39)25(2)3)17-18-35(30)45-24-44-32-15-11-29-22-33(16-12-28(29)21-32)46-37(40)26(4)5/h9-18,21-23H,2,4,6-8,19-20,24H2,1,3,5H3. The summed E-state index contributed by atoms with van der Waals surface area (Å²) >= 11 is 0. The van der Waals surface area contributed by atoms with Gasteiger partial charge in [0, 0.05) is 17.6 Å². The third-order valence-electron chi connectivity index (χ3n) is 6.77. The predicted octanol–water partition coefficient (Wildman–Crippen LogP) is 7.80. The summed E-state index contributed by atoms with van der Waals surface area (Å²) < 4.78 is 33.4. The fourth-order valence-corrected chi connectivity index (χ4v) is 4.33. The van der Waals surface area contributed by atoms with Gasteiger partial charge in [-0.25, -0.2) is 14.4 Å². The lowest BCUT2D eigenvalue weighted by Gasteiger charge is -2.14. The molecule has 4 aromatic carbocycles. The summed E-state index contributed by atoms with van der Waals surface area (Å²) in [5, 5.41) is 1.80. The van der Waals surface area contributed by atoms with E-state index < -0.39 is 17.9 Å². The van der Waals surface area contributed by atoms with Gasteiger partial charge in [0.05, 0.1) is 18.8 Å². The van der Waals surface area contributed by atoms with E-state index in [1.165, 1.54) is 0 Å². The van der Waals surface area contributed by atoms with Gasteiger partial charge < -0.3 is 28.4 Å². The highest BCUT2D eigenvalue weighted by molar-refractivity contribution is 5.91. The van der Waals surface area contributed by atoms with Gasteiger partial charge in [-0.05, 0) is 103 Å². The Balaban J connectivity index is 1.28. The van der Waals surface area contributed by atoms with Gasteiger partial charge >= 0.3 is 17.9 Å². The van der Waals surface area contributed by atoms with Crippen molar-refractivity contribution in [2.75, 3.05) is 20.0 Å². The Morgan fingerprint density at radius 3 is 1.94 bits per heavy atom. The van der Waals surface area contributed by atoms with Crippen LogP contribution in [0, 0.1) is 0 Å². The molecule has 0 saturated carbocycles. The first-order valence-electron chi connectivity index (χ1n) is 15.2. The highest BCUT2D eigenvalue weighted by atomic mass is 16.7. The van der Waals surface area contributed by atoms with Crippen molar-refractivity contribution in [3.63, 3.8) is 0 Å². The van der Waals surface area contributed by atoms with Crippen molar-refractivity contribution in [2.45, 2.75) is 40.0 Å². The summed E-state index contributed by atoms with van der Waals surface area (Å²) in [6.45, 7) is 12.9. The molecule has 0 unspecified atom stereocenters. The maximum Gasteiger partial charge on any atom is 0.343 e. The fraction of sp³-hybridized carbons (Fsp3) is 0.237. The summed E-state index contributed by atoms with van der Waals surface area (Å²) in [4.78, 5) is 36.0. The lowest BCUT2D eigenvalue weighted by molar-refractivity contribution is -0.139. The van der Waals surface area contributed by atoms with Crippen LogP contribution in [0.1, 0.15) is 49.5 Å². The molecular formula is C38H38O9. The lowest BCUT2D eigenvalue weighted by Crippen LogP contribution is -2.10. The van der Waals surface area contributed by atoms with Gasteiger partial charge in [-0.15, -0.1) is 0 Å². The third kappa shape index (κ3) is 10.2. The van der Waals surface area contributed by atoms with E-state index in [-0.39, 0.29) is 13.4 Å². The molecule has 0 N–H and O–H groups in total. The van der Waals surface area contributed by atoms with Crippen LogP contribution in [-0.4, -0.2) is 37.9 Å². The first-order valence-corrected chi connectivity index (χ1v) is 15.2. The Morgan fingerprint density at radius 1 is 0.638 bits per heavy atom. The van der Waals surface area contributed by atoms with Crippen LogP contribution in [0.5, 0.6) is 28.7 Å². The smallest absolute Gasteiger partial charge is 0.343 e. The van der Waals surface area contributed by atoms with E-state index in [4.69, 9.17) is 28.4 Å². The quantitative estimate of drug-likeness (QED) is 0.0400. The molecule has 0 spiro atoms. The van der Waals surface area contributed by atoms with Gasteiger partial charge in [-0.1, -0.05) is 38.6 Å². The first kappa shape index (κ1) is 34.3. The Morgan fingerprint density at radius 2 is 1.26 bits per heavy atom. The molecular weight excluding hydrogens is 600 g/mol. The zero-order chi connectivity index (χ0) is 33.8. The zero-order valence-electron chi connectivity index (χ0n) is 26.8. The Labute approximate surface area is 274 Å². The molecule has 0 heterocycles. The molecule has 4 aromatic rings. The molecule has 0 amide bonds. The van der Waals surface area contributed by atoms with Crippen LogP contribution in [-0.2, 0) is 20.7 Å². The van der Waals surface area contributed by atoms with E-state index in [0.29, 0.717) is 64.9 Å². The number of hydrogen-bond donors (Lipinski definition) is 0. The molecule has 0 aliphatic carbocycles. The number of fused-ring (bicyclic) bond motifs is 1. The van der Waals surface area contributed by atoms with E-state index in [2.05, 4.69) is 20.1 Å². The Bertz CT molecular complexity index is 1760. The topological polar surface area (TPSA) is 107 Å². The SMILES string of the molecule is C=C(C)C(=O)OCCCOc1ccc(C(=O)Oc2ccc(OCOc3ccc4cc(OC(=O)C(=C)C)ccc4c3)c(CCC)c2)cc1. The maximum atomic E-state index is 12.8. The molecule has 47 heavy (non-hydrogen) atoms. The van der Waals surface area contributed by atoms with Crippen LogP contribution < -0.4 is 23.7 Å². The van der Waals surface area contributed by atoms with Gasteiger partial charge in [-0.3, -0.25) is 0 Å². The molecule has 244 valence electrons. The molecule has 0 aliphatic heterocycles. The second-order valence-electron chi connectivity index (χ2n) is 10.8. The van der Waals surface area contributed by atoms with Crippen LogP contribution >= 0.6 is 0 Å². The van der Waals surface area contributed by atoms with E-state index >= 15 is 0 Å². The van der Waals surface area contributed by atoms with Gasteiger partial charge in [0.2, 0.25) is 6.79 Å². The summed E-state index contributed by atoms with van der Waals surface area (Å²) in [7, 11) is 0. The zero-order valence-corrected chi connectivity index (χ0v) is 26.8. The van der Waals surface area contributed by atoms with Crippen molar-refractivity contribution < 1.29 is 42.8 Å². The number of aryl methyl sites for hydroxylation is 1. The molecule has 9 heteroatoms. The largest absolute Gasteiger partial charge is 0.493 e. The van der Waals surface area contributed by atoms with Gasteiger partial charge in [0.15, 0.2) is 0 Å². The van der Waals surface area contributed by atoms with E-state index in [9.17, 15) is 14.4 Å². The molecule has 0 aromatic heterocycles. The fourth-order valence-electron chi connectivity index (χ4n) is 4.33. The minimum absolute atomic E-state index is 0.0241. The number of esters is 3. The average Bonchev–Trinajstić information content (AvgIpc) is 3.05. The van der Waals surface area contributed by atoms with Crippen LogP contribution in [0.3, 0.4) is 0 Å². The molecule has 0 saturated heterocycles. The Hall–Kier alpha value is -5.57. The van der Waals surface area contributed by atoms with Crippen LogP contribution in [0.25, 0.3) is 10.8 Å². The number of benzene rings is 4. The van der Waals surface area contributed by atoms with Gasteiger partial charge in [0.1, 0.15) is 28.7 Å². The number of carbonyl (C=O) groups excluding carboxylic acids is 3. The summed E-state index contributed by atoms with van der Waals surface area (Å²) in [6, 6.07) is 22.8. The first-order chi connectivity index (χ1) is 22.6. The van der Waals surface area contributed by atoms with Crippen LogP contribution in [0.2, 0.25) is 0 Å². The summed E-state index contributed by atoms with van der Waals surface area (Å²) in [5.41, 5.74) is 1.94. The minimum Gasteiger partial charge on any atom is -0.493 e. The van der Waals surface area contributed by atoms with Gasteiger partial charge in [-0.2, -0.15) is 0 Å². The van der Waals surface area contributed by atoms with Crippen molar-refractivity contribution in [1.29, 1.82) is 0 Å². The molecule has 9 nitrogen and oxygen atoms in total. The van der Waals surface area contributed by atoms with E-state index in [1.807, 2.05) is 24.3 Å². The second-order valence-corrected chi connectivity index (χ2v) is 10.8. The van der Waals surface area contributed by atoms with Crippen LogP contribution in [0.15, 0.2) is 103 Å². The van der Waals surface area contributed by atoms with E-state index in [1.54, 1.807) is 68.4 Å². The van der Waals surface area contributed by atoms with Crippen molar-refractivity contribution in [1.82, 2.24) is 0 Å². The highest BCUT2D eigenvalue weighted by Gasteiger charge is 2.13.